The topological polar surface area (TPSA) is 74.9 Å². The largest absolute Gasteiger partial charge is 0.378 e. The second-order valence-electron chi connectivity index (χ2n) is 5.71. The number of anilines is 1. The minimum atomic E-state index is 0. The Morgan fingerprint density at radius 2 is 1.83 bits per heavy atom. The van der Waals surface area contributed by atoms with E-state index in [4.69, 9.17) is 10.5 Å². The number of thiazole rings is 1. The number of piperazine rings is 1. The van der Waals surface area contributed by atoms with Gasteiger partial charge in [0.1, 0.15) is 0 Å². The van der Waals surface area contributed by atoms with Crippen LogP contribution in [0, 0.1) is 0 Å². The van der Waals surface area contributed by atoms with E-state index in [1.807, 2.05) is 11.1 Å². The van der Waals surface area contributed by atoms with E-state index in [2.05, 4.69) is 14.8 Å². The van der Waals surface area contributed by atoms with E-state index in [1.165, 1.54) is 4.88 Å². The second kappa shape index (κ2) is 8.79. The van der Waals surface area contributed by atoms with Crippen LogP contribution in [0.25, 0.3) is 0 Å². The number of carbonyl (C=O) groups excluding carboxylic acids is 1. The van der Waals surface area contributed by atoms with Gasteiger partial charge in [0.25, 0.3) is 0 Å². The number of morpholine rings is 1. The third-order valence-electron chi connectivity index (χ3n) is 4.14. The number of nitrogens with two attached hydrogens (primary N) is 1. The van der Waals surface area contributed by atoms with Gasteiger partial charge in [-0.1, -0.05) is 0 Å². The molecule has 23 heavy (non-hydrogen) atoms. The highest BCUT2D eigenvalue weighted by molar-refractivity contribution is 7.15. The van der Waals surface area contributed by atoms with E-state index in [-0.39, 0.29) is 18.3 Å². The van der Waals surface area contributed by atoms with Crippen molar-refractivity contribution in [2.24, 2.45) is 0 Å². The number of aromatic nitrogens is 1. The summed E-state index contributed by atoms with van der Waals surface area (Å²) in [6.07, 6.45) is 1.86. The molecule has 2 aliphatic rings. The summed E-state index contributed by atoms with van der Waals surface area (Å²) in [7, 11) is 0. The lowest BCUT2D eigenvalue weighted by Gasteiger charge is -2.35. The Labute approximate surface area is 146 Å². The number of ether oxygens (including phenoxy) is 1. The maximum atomic E-state index is 12.2. The van der Waals surface area contributed by atoms with Crippen molar-refractivity contribution in [2.45, 2.75) is 6.54 Å². The Bertz CT molecular complexity index is 501. The van der Waals surface area contributed by atoms with Gasteiger partial charge in [-0.15, -0.1) is 23.7 Å². The summed E-state index contributed by atoms with van der Waals surface area (Å²) in [5.74, 6) is 0.229. The normalized spacial score (nSPS) is 20.3. The molecule has 7 nitrogen and oxygen atoms in total. The van der Waals surface area contributed by atoms with Gasteiger partial charge < -0.3 is 15.4 Å². The van der Waals surface area contributed by atoms with Crippen LogP contribution in [0.2, 0.25) is 0 Å². The molecule has 2 saturated heterocycles. The van der Waals surface area contributed by atoms with Crippen LogP contribution in [0.15, 0.2) is 6.20 Å². The van der Waals surface area contributed by atoms with Crippen LogP contribution in [0.5, 0.6) is 0 Å². The molecule has 0 aromatic carbocycles. The molecule has 0 bridgehead atoms. The van der Waals surface area contributed by atoms with Gasteiger partial charge in [0.2, 0.25) is 5.91 Å². The molecule has 0 unspecified atom stereocenters. The first-order valence-corrected chi connectivity index (χ1v) is 8.53. The average molecular weight is 362 g/mol. The molecule has 1 amide bonds. The maximum absolute atomic E-state index is 12.2. The van der Waals surface area contributed by atoms with E-state index in [0.29, 0.717) is 24.9 Å². The fourth-order valence-electron chi connectivity index (χ4n) is 2.83. The first-order chi connectivity index (χ1) is 10.7. The molecule has 2 N–H and O–H groups in total. The summed E-state index contributed by atoms with van der Waals surface area (Å²) in [5, 5.41) is 0.629. The van der Waals surface area contributed by atoms with Crippen molar-refractivity contribution in [1.82, 2.24) is 19.7 Å². The molecule has 2 fully saturated rings. The molecule has 0 aliphatic carbocycles. The lowest BCUT2D eigenvalue weighted by molar-refractivity contribution is -0.136. The zero-order valence-electron chi connectivity index (χ0n) is 13.1. The number of amides is 1. The van der Waals surface area contributed by atoms with Crippen LogP contribution in [0.3, 0.4) is 0 Å². The van der Waals surface area contributed by atoms with E-state index in [9.17, 15) is 4.79 Å². The summed E-state index contributed by atoms with van der Waals surface area (Å²) in [6, 6.07) is 0. The molecule has 3 rings (SSSR count). The zero-order chi connectivity index (χ0) is 15.4. The zero-order valence-corrected chi connectivity index (χ0v) is 14.8. The molecule has 0 saturated carbocycles. The fraction of sp³-hybridized carbons (Fsp3) is 0.714. The standard InChI is InChI=1S/C14H23N5O2S.ClH/c15-14-16-9-12(22-14)10-17-1-3-18(4-2-17)11-13(20)19-5-7-21-8-6-19;/h9H,1-8,10-11H2,(H2,15,16);1H. The van der Waals surface area contributed by atoms with Crippen molar-refractivity contribution in [2.75, 3.05) is 64.8 Å². The number of hydrogen-bond donors (Lipinski definition) is 1. The van der Waals surface area contributed by atoms with Gasteiger partial charge in [0.15, 0.2) is 5.13 Å². The van der Waals surface area contributed by atoms with Crippen LogP contribution in [-0.4, -0.2) is 84.6 Å². The summed E-state index contributed by atoms with van der Waals surface area (Å²) in [5.41, 5.74) is 5.66. The molecule has 3 heterocycles. The lowest BCUT2D eigenvalue weighted by atomic mass is 10.3. The van der Waals surface area contributed by atoms with Crippen LogP contribution in [-0.2, 0) is 16.1 Å². The minimum Gasteiger partial charge on any atom is -0.378 e. The first-order valence-electron chi connectivity index (χ1n) is 7.71. The van der Waals surface area contributed by atoms with Crippen molar-refractivity contribution in [3.63, 3.8) is 0 Å². The van der Waals surface area contributed by atoms with Gasteiger partial charge in [-0.2, -0.15) is 0 Å². The van der Waals surface area contributed by atoms with Gasteiger partial charge in [-0.3, -0.25) is 14.6 Å². The number of carbonyl (C=O) groups is 1. The monoisotopic (exact) mass is 361 g/mol. The van der Waals surface area contributed by atoms with Crippen molar-refractivity contribution in [3.8, 4) is 0 Å². The minimum absolute atomic E-state index is 0. The molecule has 0 radical (unpaired) electrons. The number of nitrogen functional groups attached to an aromatic ring is 1. The highest BCUT2D eigenvalue weighted by Crippen LogP contribution is 2.17. The highest BCUT2D eigenvalue weighted by Gasteiger charge is 2.23. The van der Waals surface area contributed by atoms with E-state index >= 15 is 0 Å². The molecule has 0 spiro atoms. The van der Waals surface area contributed by atoms with Gasteiger partial charge in [-0.05, 0) is 0 Å². The van der Waals surface area contributed by atoms with Gasteiger partial charge in [-0.25, -0.2) is 4.98 Å². The first kappa shape index (κ1) is 18.4. The predicted molar refractivity (Wildman–Crippen MR) is 92.9 cm³/mol. The third kappa shape index (κ3) is 5.29. The second-order valence-corrected chi connectivity index (χ2v) is 6.86. The molecular formula is C14H24ClN5O2S. The average Bonchev–Trinajstić information content (AvgIpc) is 2.95. The summed E-state index contributed by atoms with van der Waals surface area (Å²) < 4.78 is 5.29. The van der Waals surface area contributed by atoms with Gasteiger partial charge in [0, 0.05) is 56.9 Å². The Balaban J connectivity index is 0.00000192. The Morgan fingerprint density at radius 1 is 1.17 bits per heavy atom. The summed E-state index contributed by atoms with van der Waals surface area (Å²) >= 11 is 1.55. The van der Waals surface area contributed by atoms with E-state index < -0.39 is 0 Å². The maximum Gasteiger partial charge on any atom is 0.236 e. The van der Waals surface area contributed by atoms with Crippen molar-refractivity contribution < 1.29 is 9.53 Å². The van der Waals surface area contributed by atoms with Crippen LogP contribution in [0.4, 0.5) is 5.13 Å². The molecular weight excluding hydrogens is 338 g/mol. The summed E-state index contributed by atoms with van der Waals surface area (Å²) in [4.78, 5) is 24.1. The number of hydrogen-bond acceptors (Lipinski definition) is 7. The summed E-state index contributed by atoms with van der Waals surface area (Å²) in [6.45, 7) is 8.05. The molecule has 0 atom stereocenters. The molecule has 130 valence electrons. The number of halogens is 1. The predicted octanol–water partition coefficient (Wildman–Crippen LogP) is 0.124. The van der Waals surface area contributed by atoms with E-state index in [0.717, 1.165) is 45.8 Å². The molecule has 1 aromatic rings. The van der Waals surface area contributed by atoms with Gasteiger partial charge >= 0.3 is 0 Å². The lowest BCUT2D eigenvalue weighted by Crippen LogP contribution is -2.51. The van der Waals surface area contributed by atoms with Gasteiger partial charge in [0.05, 0.1) is 19.8 Å². The van der Waals surface area contributed by atoms with E-state index in [1.54, 1.807) is 11.3 Å². The number of rotatable bonds is 4. The molecule has 9 heteroatoms. The Kier molecular flexibility index (Phi) is 7.04. The van der Waals surface area contributed by atoms with Crippen LogP contribution >= 0.6 is 23.7 Å². The SMILES string of the molecule is Cl.Nc1ncc(CN2CCN(CC(=O)N3CCOCC3)CC2)s1. The fourth-order valence-corrected chi connectivity index (χ4v) is 3.55. The molecule has 1 aromatic heterocycles. The van der Waals surface area contributed by atoms with Crippen molar-refractivity contribution in [1.29, 1.82) is 0 Å². The van der Waals surface area contributed by atoms with Crippen LogP contribution in [0.1, 0.15) is 4.88 Å². The third-order valence-corrected chi connectivity index (χ3v) is 4.95. The highest BCUT2D eigenvalue weighted by atomic mass is 35.5. The smallest absolute Gasteiger partial charge is 0.236 e. The quantitative estimate of drug-likeness (QED) is 0.821. The van der Waals surface area contributed by atoms with Crippen molar-refractivity contribution in [3.05, 3.63) is 11.1 Å². The Hall–Kier alpha value is -0.930. The van der Waals surface area contributed by atoms with Crippen LogP contribution < -0.4 is 5.73 Å². The molecule has 2 aliphatic heterocycles. The Morgan fingerprint density at radius 3 is 2.43 bits per heavy atom. The number of nitrogens with zero attached hydrogens (tertiary/aromatic N) is 4. The van der Waals surface area contributed by atoms with Crippen molar-refractivity contribution >= 4 is 34.8 Å².